The number of carbonyl (C=O) groups is 1. The average molecular weight is 309 g/mol. The van der Waals surface area contributed by atoms with Crippen LogP contribution in [0.15, 0.2) is 59.7 Å². The number of carbonyl (C=O) groups excluding carboxylic acids is 1. The van der Waals surface area contributed by atoms with Crippen LogP contribution in [0.25, 0.3) is 6.08 Å². The summed E-state index contributed by atoms with van der Waals surface area (Å²) in [5.41, 5.74) is 5.09. The highest BCUT2D eigenvalue weighted by Crippen LogP contribution is 2.10. The zero-order valence-electron chi connectivity index (χ0n) is 12.5. The summed E-state index contributed by atoms with van der Waals surface area (Å²) in [4.78, 5) is 21.7. The molecule has 6 nitrogen and oxygen atoms in total. The number of nitro benzene ring substituents is 1. The van der Waals surface area contributed by atoms with E-state index in [0.717, 1.165) is 11.1 Å². The van der Waals surface area contributed by atoms with Crippen LogP contribution in [0, 0.1) is 17.0 Å². The third-order valence-corrected chi connectivity index (χ3v) is 3.00. The maximum Gasteiger partial charge on any atom is 0.269 e. The monoisotopic (exact) mass is 309 g/mol. The van der Waals surface area contributed by atoms with Crippen molar-refractivity contribution >= 4 is 23.9 Å². The Balaban J connectivity index is 1.88. The molecule has 0 saturated carbocycles. The van der Waals surface area contributed by atoms with Gasteiger partial charge in [-0.2, -0.15) is 5.10 Å². The number of hydrazone groups is 1. The third kappa shape index (κ3) is 5.20. The number of nitrogens with one attached hydrogen (secondary N) is 1. The predicted octanol–water partition coefficient (Wildman–Crippen LogP) is 3.07. The molecule has 0 heterocycles. The van der Waals surface area contributed by atoms with E-state index in [1.165, 1.54) is 24.4 Å². The lowest BCUT2D eigenvalue weighted by molar-refractivity contribution is -0.384. The highest BCUT2D eigenvalue weighted by molar-refractivity contribution is 5.92. The lowest BCUT2D eigenvalue weighted by Crippen LogP contribution is -2.14. The number of aryl methyl sites for hydroxylation is 1. The van der Waals surface area contributed by atoms with Crippen LogP contribution in [0.1, 0.15) is 16.7 Å². The fourth-order valence-corrected chi connectivity index (χ4v) is 1.74. The lowest BCUT2D eigenvalue weighted by Gasteiger charge is -1.96. The van der Waals surface area contributed by atoms with Crippen LogP contribution in [-0.4, -0.2) is 17.0 Å². The fourth-order valence-electron chi connectivity index (χ4n) is 1.74. The van der Waals surface area contributed by atoms with Gasteiger partial charge < -0.3 is 0 Å². The van der Waals surface area contributed by atoms with Gasteiger partial charge in [-0.05, 0) is 36.3 Å². The molecule has 0 atom stereocenters. The van der Waals surface area contributed by atoms with Crippen LogP contribution in [0.5, 0.6) is 0 Å². The van der Waals surface area contributed by atoms with Crippen LogP contribution in [-0.2, 0) is 4.79 Å². The van der Waals surface area contributed by atoms with Crippen LogP contribution in [0.2, 0.25) is 0 Å². The van der Waals surface area contributed by atoms with Gasteiger partial charge in [0, 0.05) is 18.2 Å². The van der Waals surface area contributed by atoms with E-state index in [-0.39, 0.29) is 11.6 Å². The largest absolute Gasteiger partial charge is 0.269 e. The minimum atomic E-state index is -0.474. The maximum absolute atomic E-state index is 11.6. The first-order valence-electron chi connectivity index (χ1n) is 6.87. The summed E-state index contributed by atoms with van der Waals surface area (Å²) in [5, 5.41) is 14.3. The van der Waals surface area contributed by atoms with Gasteiger partial charge in [0.2, 0.25) is 0 Å². The minimum absolute atomic E-state index is 0.00668. The predicted molar refractivity (Wildman–Crippen MR) is 89.0 cm³/mol. The molecule has 116 valence electrons. The topological polar surface area (TPSA) is 84.6 Å². The number of nitrogens with zero attached hydrogens (tertiary/aromatic N) is 2. The Morgan fingerprint density at radius 3 is 2.30 bits per heavy atom. The van der Waals surface area contributed by atoms with E-state index in [1.54, 1.807) is 18.2 Å². The molecule has 0 radical (unpaired) electrons. The van der Waals surface area contributed by atoms with Crippen molar-refractivity contribution in [3.63, 3.8) is 0 Å². The lowest BCUT2D eigenvalue weighted by atomic mass is 10.1. The van der Waals surface area contributed by atoms with Gasteiger partial charge in [-0.3, -0.25) is 14.9 Å². The molecule has 0 bridgehead atoms. The number of benzene rings is 2. The first kappa shape index (κ1) is 16.1. The first-order valence-corrected chi connectivity index (χ1v) is 6.87. The van der Waals surface area contributed by atoms with Crippen molar-refractivity contribution < 1.29 is 9.72 Å². The molecule has 0 spiro atoms. The van der Waals surface area contributed by atoms with E-state index in [2.05, 4.69) is 10.5 Å². The van der Waals surface area contributed by atoms with Gasteiger partial charge in [0.05, 0.1) is 11.1 Å². The molecule has 0 unspecified atom stereocenters. The highest BCUT2D eigenvalue weighted by atomic mass is 16.6. The number of amides is 1. The number of non-ortho nitro benzene ring substituents is 1. The van der Waals surface area contributed by atoms with Crippen molar-refractivity contribution in [3.05, 3.63) is 81.4 Å². The SMILES string of the molecule is Cc1ccc(/C=C/C(=O)N/N=C\c2ccc([N+](=O)[O-])cc2)cc1. The molecule has 2 rings (SSSR count). The molecule has 0 aliphatic carbocycles. The summed E-state index contributed by atoms with van der Waals surface area (Å²) < 4.78 is 0. The normalized spacial score (nSPS) is 11.0. The summed E-state index contributed by atoms with van der Waals surface area (Å²) in [6.07, 6.45) is 4.50. The summed E-state index contributed by atoms with van der Waals surface area (Å²) in [6.45, 7) is 1.99. The molecule has 1 N–H and O–H groups in total. The second-order valence-corrected chi connectivity index (χ2v) is 4.83. The molecule has 0 fully saturated rings. The van der Waals surface area contributed by atoms with Crippen molar-refractivity contribution in [1.82, 2.24) is 5.43 Å². The smallest absolute Gasteiger partial charge is 0.268 e. The second kappa shape index (κ2) is 7.65. The summed E-state index contributed by atoms with van der Waals surface area (Å²) >= 11 is 0. The van der Waals surface area contributed by atoms with E-state index in [4.69, 9.17) is 0 Å². The molecule has 0 saturated heterocycles. The number of rotatable bonds is 5. The van der Waals surface area contributed by atoms with Gasteiger partial charge in [0.1, 0.15) is 0 Å². The van der Waals surface area contributed by atoms with Gasteiger partial charge in [0.25, 0.3) is 11.6 Å². The van der Waals surface area contributed by atoms with Crippen LogP contribution in [0.3, 0.4) is 0 Å². The molecule has 2 aromatic carbocycles. The van der Waals surface area contributed by atoms with Crippen LogP contribution < -0.4 is 5.43 Å². The zero-order valence-corrected chi connectivity index (χ0v) is 12.5. The minimum Gasteiger partial charge on any atom is -0.268 e. The third-order valence-electron chi connectivity index (χ3n) is 3.00. The van der Waals surface area contributed by atoms with Gasteiger partial charge in [-0.15, -0.1) is 0 Å². The van der Waals surface area contributed by atoms with E-state index in [9.17, 15) is 14.9 Å². The molecule has 1 amide bonds. The Morgan fingerprint density at radius 2 is 1.70 bits per heavy atom. The van der Waals surface area contributed by atoms with Gasteiger partial charge >= 0.3 is 0 Å². The van der Waals surface area contributed by atoms with Gasteiger partial charge in [-0.25, -0.2) is 5.43 Å². The molecule has 0 aliphatic heterocycles. The Bertz CT molecular complexity index is 748. The summed E-state index contributed by atoms with van der Waals surface area (Å²) in [6, 6.07) is 13.6. The van der Waals surface area contributed by atoms with E-state index >= 15 is 0 Å². The molecule has 6 heteroatoms. The van der Waals surface area contributed by atoms with Crippen molar-refractivity contribution in [2.75, 3.05) is 0 Å². The molecular weight excluding hydrogens is 294 g/mol. The molecule has 0 aliphatic rings. The van der Waals surface area contributed by atoms with E-state index in [0.29, 0.717) is 5.56 Å². The van der Waals surface area contributed by atoms with Gasteiger partial charge in [0.15, 0.2) is 0 Å². The van der Waals surface area contributed by atoms with E-state index < -0.39 is 4.92 Å². The Morgan fingerprint density at radius 1 is 1.09 bits per heavy atom. The number of hydrogen-bond donors (Lipinski definition) is 1. The first-order chi connectivity index (χ1) is 11.0. The zero-order chi connectivity index (χ0) is 16.7. The molecule has 23 heavy (non-hydrogen) atoms. The Hall–Kier alpha value is -3.28. The number of hydrogen-bond acceptors (Lipinski definition) is 4. The van der Waals surface area contributed by atoms with E-state index in [1.807, 2.05) is 31.2 Å². The van der Waals surface area contributed by atoms with Crippen molar-refractivity contribution in [1.29, 1.82) is 0 Å². The summed E-state index contributed by atoms with van der Waals surface area (Å²) in [5.74, 6) is -0.358. The highest BCUT2D eigenvalue weighted by Gasteiger charge is 2.02. The Labute approximate surface area is 133 Å². The number of nitro groups is 1. The van der Waals surface area contributed by atoms with Gasteiger partial charge in [-0.1, -0.05) is 29.8 Å². The van der Waals surface area contributed by atoms with Crippen LogP contribution >= 0.6 is 0 Å². The molecule has 0 aromatic heterocycles. The van der Waals surface area contributed by atoms with Crippen molar-refractivity contribution in [2.24, 2.45) is 5.10 Å². The molecule has 2 aromatic rings. The maximum atomic E-state index is 11.6. The fraction of sp³-hybridized carbons (Fsp3) is 0.0588. The quantitative estimate of drug-likeness (QED) is 0.398. The standard InChI is InChI=1S/C17H15N3O3/c1-13-2-4-14(5-3-13)8-11-17(21)19-18-12-15-6-9-16(10-7-15)20(22)23/h2-12H,1H3,(H,19,21)/b11-8+,18-12-. The van der Waals surface area contributed by atoms with Crippen molar-refractivity contribution in [2.45, 2.75) is 6.92 Å². The Kier molecular flexibility index (Phi) is 5.35. The summed E-state index contributed by atoms with van der Waals surface area (Å²) in [7, 11) is 0. The van der Waals surface area contributed by atoms with Crippen molar-refractivity contribution in [3.8, 4) is 0 Å². The average Bonchev–Trinajstić information content (AvgIpc) is 2.55. The second-order valence-electron chi connectivity index (χ2n) is 4.83. The van der Waals surface area contributed by atoms with Crippen LogP contribution in [0.4, 0.5) is 5.69 Å². The molecular formula is C17H15N3O3.